The van der Waals surface area contributed by atoms with E-state index in [1.165, 1.54) is 36.4 Å². The first-order valence-corrected chi connectivity index (χ1v) is 5.35. The van der Waals surface area contributed by atoms with Gasteiger partial charge >= 0.3 is 0 Å². The second-order valence-corrected chi connectivity index (χ2v) is 3.89. The van der Waals surface area contributed by atoms with E-state index in [2.05, 4.69) is 0 Å². The largest absolute Gasteiger partial charge is 0.489 e. The molecule has 88 valence electrons. The second-order valence-electron chi connectivity index (χ2n) is 3.48. The third kappa shape index (κ3) is 3.17. The molecule has 0 aromatic heterocycles. The number of rotatable bonds is 3. The van der Waals surface area contributed by atoms with Gasteiger partial charge in [0.1, 0.15) is 24.0 Å². The molecule has 2 aromatic rings. The van der Waals surface area contributed by atoms with Crippen LogP contribution in [0.4, 0.5) is 8.78 Å². The van der Waals surface area contributed by atoms with Gasteiger partial charge in [0.2, 0.25) is 0 Å². The lowest BCUT2D eigenvalue weighted by Gasteiger charge is -2.07. The molecule has 0 saturated heterocycles. The fraction of sp³-hybridized carbons (Fsp3) is 0.0769. The Morgan fingerprint density at radius 3 is 2.24 bits per heavy atom. The van der Waals surface area contributed by atoms with Crippen molar-refractivity contribution in [2.45, 2.75) is 6.61 Å². The molecule has 0 aliphatic rings. The minimum Gasteiger partial charge on any atom is -0.489 e. The topological polar surface area (TPSA) is 9.23 Å². The smallest absolute Gasteiger partial charge is 0.124 e. The summed E-state index contributed by atoms with van der Waals surface area (Å²) in [5, 5.41) is 0.312. The van der Waals surface area contributed by atoms with E-state index in [1.807, 2.05) is 0 Å². The number of hydrogen-bond acceptors (Lipinski definition) is 1. The van der Waals surface area contributed by atoms with Crippen molar-refractivity contribution in [1.29, 1.82) is 0 Å². The highest BCUT2D eigenvalue weighted by atomic mass is 35.5. The molecule has 0 saturated carbocycles. The molecule has 0 unspecified atom stereocenters. The SMILES string of the molecule is Fc1ccc(OCc2ccc(F)cc2Cl)cc1. The Hall–Kier alpha value is -1.61. The summed E-state index contributed by atoms with van der Waals surface area (Å²) in [4.78, 5) is 0. The normalized spacial score (nSPS) is 10.3. The molecular formula is C13H9ClF2O. The lowest BCUT2D eigenvalue weighted by atomic mass is 10.2. The molecule has 0 fully saturated rings. The van der Waals surface area contributed by atoms with Crippen LogP contribution in [-0.2, 0) is 6.61 Å². The molecule has 0 amide bonds. The first kappa shape index (κ1) is 11.9. The van der Waals surface area contributed by atoms with Gasteiger partial charge in [0.05, 0.1) is 5.02 Å². The number of halogens is 3. The average Bonchev–Trinajstić information content (AvgIpc) is 2.30. The summed E-state index contributed by atoms with van der Waals surface area (Å²) in [6.07, 6.45) is 0. The van der Waals surface area contributed by atoms with Crippen molar-refractivity contribution in [3.8, 4) is 5.75 Å². The van der Waals surface area contributed by atoms with Crippen molar-refractivity contribution in [1.82, 2.24) is 0 Å². The molecule has 0 radical (unpaired) electrons. The van der Waals surface area contributed by atoms with Crippen LogP contribution in [0.25, 0.3) is 0 Å². The van der Waals surface area contributed by atoms with Crippen LogP contribution in [-0.4, -0.2) is 0 Å². The summed E-state index contributed by atoms with van der Waals surface area (Å²) >= 11 is 5.84. The predicted octanol–water partition coefficient (Wildman–Crippen LogP) is 4.20. The zero-order valence-electron chi connectivity index (χ0n) is 8.79. The zero-order valence-corrected chi connectivity index (χ0v) is 9.55. The molecular weight excluding hydrogens is 246 g/mol. The number of hydrogen-bond donors (Lipinski definition) is 0. The van der Waals surface area contributed by atoms with Gasteiger partial charge < -0.3 is 4.74 Å². The van der Waals surface area contributed by atoms with Crippen LogP contribution in [0.2, 0.25) is 5.02 Å². The standard InChI is InChI=1S/C13H9ClF2O/c14-13-7-11(16)2-1-9(13)8-17-12-5-3-10(15)4-6-12/h1-7H,8H2. The Balaban J connectivity index is 2.04. The Labute approximate surface area is 103 Å². The molecule has 0 bridgehead atoms. The van der Waals surface area contributed by atoms with E-state index in [0.717, 1.165) is 0 Å². The molecule has 4 heteroatoms. The summed E-state index contributed by atoms with van der Waals surface area (Å²) in [5.41, 5.74) is 0.678. The quantitative estimate of drug-likeness (QED) is 0.798. The van der Waals surface area contributed by atoms with E-state index in [-0.39, 0.29) is 18.2 Å². The van der Waals surface area contributed by atoms with Crippen LogP contribution >= 0.6 is 11.6 Å². The summed E-state index contributed by atoms with van der Waals surface area (Å²) in [7, 11) is 0. The van der Waals surface area contributed by atoms with Gasteiger partial charge in [0.25, 0.3) is 0 Å². The molecule has 17 heavy (non-hydrogen) atoms. The van der Waals surface area contributed by atoms with Crippen LogP contribution in [0, 0.1) is 11.6 Å². The van der Waals surface area contributed by atoms with Gasteiger partial charge in [-0.1, -0.05) is 17.7 Å². The minimum atomic E-state index is -0.388. The van der Waals surface area contributed by atoms with Crippen molar-refractivity contribution < 1.29 is 13.5 Å². The lowest BCUT2D eigenvalue weighted by Crippen LogP contribution is -1.96. The van der Waals surface area contributed by atoms with E-state index in [1.54, 1.807) is 6.07 Å². The molecule has 1 nitrogen and oxygen atoms in total. The molecule has 0 N–H and O–H groups in total. The molecule has 2 aromatic carbocycles. The third-order valence-corrected chi connectivity index (χ3v) is 2.57. The summed E-state index contributed by atoms with van der Waals surface area (Å²) < 4.78 is 30.8. The molecule has 0 aliphatic carbocycles. The average molecular weight is 255 g/mol. The first-order chi connectivity index (χ1) is 8.15. The van der Waals surface area contributed by atoms with Crippen molar-refractivity contribution >= 4 is 11.6 Å². The monoisotopic (exact) mass is 254 g/mol. The minimum absolute atomic E-state index is 0.213. The van der Waals surface area contributed by atoms with Gasteiger partial charge in [-0.2, -0.15) is 0 Å². The first-order valence-electron chi connectivity index (χ1n) is 4.97. The molecule has 2 rings (SSSR count). The predicted molar refractivity (Wildman–Crippen MR) is 62.1 cm³/mol. The zero-order chi connectivity index (χ0) is 12.3. The van der Waals surface area contributed by atoms with Crippen molar-refractivity contribution in [3.05, 3.63) is 64.7 Å². The number of benzene rings is 2. The summed E-state index contributed by atoms with van der Waals surface area (Å²) in [5.74, 6) is -0.176. The Kier molecular flexibility index (Phi) is 3.59. The summed E-state index contributed by atoms with van der Waals surface area (Å²) in [6, 6.07) is 9.75. The molecule has 0 aliphatic heterocycles. The van der Waals surface area contributed by atoms with E-state index < -0.39 is 0 Å². The van der Waals surface area contributed by atoms with E-state index >= 15 is 0 Å². The Morgan fingerprint density at radius 2 is 1.59 bits per heavy atom. The Morgan fingerprint density at radius 1 is 0.941 bits per heavy atom. The maximum Gasteiger partial charge on any atom is 0.124 e. The molecule has 0 atom stereocenters. The van der Waals surface area contributed by atoms with Crippen LogP contribution < -0.4 is 4.74 Å². The second kappa shape index (κ2) is 5.15. The third-order valence-electron chi connectivity index (χ3n) is 2.22. The van der Waals surface area contributed by atoms with E-state index in [0.29, 0.717) is 16.3 Å². The van der Waals surface area contributed by atoms with E-state index in [9.17, 15) is 8.78 Å². The van der Waals surface area contributed by atoms with Gasteiger partial charge in [-0.3, -0.25) is 0 Å². The van der Waals surface area contributed by atoms with Crippen LogP contribution in [0.1, 0.15) is 5.56 Å². The van der Waals surface area contributed by atoms with Gasteiger partial charge in [0.15, 0.2) is 0 Å². The van der Waals surface area contributed by atoms with E-state index in [4.69, 9.17) is 16.3 Å². The van der Waals surface area contributed by atoms with Gasteiger partial charge in [-0.25, -0.2) is 8.78 Å². The van der Waals surface area contributed by atoms with Gasteiger partial charge in [-0.15, -0.1) is 0 Å². The van der Waals surface area contributed by atoms with Crippen LogP contribution in [0.15, 0.2) is 42.5 Å². The van der Waals surface area contributed by atoms with Crippen LogP contribution in [0.3, 0.4) is 0 Å². The van der Waals surface area contributed by atoms with Crippen molar-refractivity contribution in [2.75, 3.05) is 0 Å². The number of ether oxygens (including phenoxy) is 1. The molecule has 0 heterocycles. The summed E-state index contributed by atoms with van der Waals surface area (Å²) in [6.45, 7) is 0.213. The van der Waals surface area contributed by atoms with Gasteiger partial charge in [0, 0.05) is 5.56 Å². The maximum absolute atomic E-state index is 12.8. The molecule has 0 spiro atoms. The maximum atomic E-state index is 12.8. The highest BCUT2D eigenvalue weighted by Gasteiger charge is 2.03. The fourth-order valence-electron chi connectivity index (χ4n) is 1.33. The highest BCUT2D eigenvalue weighted by Crippen LogP contribution is 2.20. The van der Waals surface area contributed by atoms with Gasteiger partial charge in [-0.05, 0) is 36.4 Å². The Bertz CT molecular complexity index is 511. The highest BCUT2D eigenvalue weighted by molar-refractivity contribution is 6.31. The van der Waals surface area contributed by atoms with Crippen LogP contribution in [0.5, 0.6) is 5.75 Å². The van der Waals surface area contributed by atoms with Crippen molar-refractivity contribution in [2.24, 2.45) is 0 Å². The fourth-order valence-corrected chi connectivity index (χ4v) is 1.55. The lowest BCUT2D eigenvalue weighted by molar-refractivity contribution is 0.305. The van der Waals surface area contributed by atoms with Crippen molar-refractivity contribution in [3.63, 3.8) is 0 Å².